The Hall–Kier alpha value is -3.52. The number of carbonyl (C=O) groups is 2. The molecule has 2 aliphatic heterocycles. The Bertz CT molecular complexity index is 1140. The van der Waals surface area contributed by atoms with Crippen LogP contribution in [0.15, 0.2) is 54.6 Å². The molecule has 2 aromatic carbocycles. The number of fused-ring (bicyclic) bond motifs is 1. The van der Waals surface area contributed by atoms with Gasteiger partial charge in [0.05, 0.1) is 18.8 Å². The zero-order valence-corrected chi connectivity index (χ0v) is 18.0. The van der Waals surface area contributed by atoms with Crippen LogP contribution in [-0.4, -0.2) is 62.8 Å². The summed E-state index contributed by atoms with van der Waals surface area (Å²) in [5.41, 5.74) is 3.87. The smallest absolute Gasteiger partial charge is 0.276 e. The van der Waals surface area contributed by atoms with E-state index in [9.17, 15) is 9.59 Å². The average molecular weight is 431 g/mol. The van der Waals surface area contributed by atoms with Crippen molar-refractivity contribution in [2.45, 2.75) is 26.2 Å². The number of rotatable bonds is 3. The summed E-state index contributed by atoms with van der Waals surface area (Å²) in [6, 6.07) is 17.6. The molecule has 8 nitrogen and oxygen atoms in total. The van der Waals surface area contributed by atoms with Gasteiger partial charge in [0.25, 0.3) is 11.8 Å². The Morgan fingerprint density at radius 1 is 0.938 bits per heavy atom. The van der Waals surface area contributed by atoms with Crippen molar-refractivity contribution in [2.75, 3.05) is 26.2 Å². The Kier molecular flexibility index (Phi) is 5.45. The van der Waals surface area contributed by atoms with Gasteiger partial charge < -0.3 is 14.5 Å². The summed E-state index contributed by atoms with van der Waals surface area (Å²) in [6.45, 7) is 4.71. The van der Waals surface area contributed by atoms with Crippen molar-refractivity contribution in [3.8, 4) is 0 Å². The van der Waals surface area contributed by atoms with Crippen molar-refractivity contribution in [1.29, 1.82) is 0 Å². The first-order valence-electron chi connectivity index (χ1n) is 10.8. The van der Waals surface area contributed by atoms with Gasteiger partial charge in [-0.1, -0.05) is 53.2 Å². The van der Waals surface area contributed by atoms with Gasteiger partial charge in [0, 0.05) is 31.7 Å². The third kappa shape index (κ3) is 3.89. The van der Waals surface area contributed by atoms with Crippen molar-refractivity contribution in [2.24, 2.45) is 0 Å². The maximum absolute atomic E-state index is 13.1. The molecule has 164 valence electrons. The van der Waals surface area contributed by atoms with Gasteiger partial charge in [0.2, 0.25) is 0 Å². The Balaban J connectivity index is 1.23. The highest BCUT2D eigenvalue weighted by atomic mass is 16.5. The summed E-state index contributed by atoms with van der Waals surface area (Å²) in [5.74, 6) is -0.155. The van der Waals surface area contributed by atoms with Crippen LogP contribution >= 0.6 is 0 Å². The SMILES string of the molecule is Cc1cccc(C(=O)N2CCN(C(=O)c3nnn4c3CO[C@@H](c3ccccc3)C4)CC2)c1. The molecule has 2 amide bonds. The van der Waals surface area contributed by atoms with Crippen LogP contribution in [0.4, 0.5) is 0 Å². The summed E-state index contributed by atoms with van der Waals surface area (Å²) in [5, 5.41) is 8.39. The van der Waals surface area contributed by atoms with E-state index in [0.717, 1.165) is 11.1 Å². The molecule has 1 saturated heterocycles. The quantitative estimate of drug-likeness (QED) is 0.636. The standard InChI is InChI=1S/C24H25N5O3/c1-17-6-5-9-19(14-17)23(30)27-10-12-28(13-11-27)24(31)22-20-16-32-21(15-29(20)26-25-22)18-7-3-2-4-8-18/h2-9,14,21H,10-13,15-16H2,1H3/t21-/m1/s1. The van der Waals surface area contributed by atoms with E-state index in [1.54, 1.807) is 14.5 Å². The van der Waals surface area contributed by atoms with E-state index in [1.165, 1.54) is 0 Å². The number of aryl methyl sites for hydroxylation is 1. The molecule has 0 saturated carbocycles. The van der Waals surface area contributed by atoms with Crippen LogP contribution in [-0.2, 0) is 17.9 Å². The topological polar surface area (TPSA) is 80.6 Å². The lowest BCUT2D eigenvalue weighted by Gasteiger charge is -2.34. The van der Waals surface area contributed by atoms with Crippen molar-refractivity contribution in [3.05, 3.63) is 82.7 Å². The fourth-order valence-electron chi connectivity index (χ4n) is 4.27. The molecule has 3 aromatic rings. The number of hydrogen-bond acceptors (Lipinski definition) is 5. The molecule has 0 spiro atoms. The zero-order valence-electron chi connectivity index (χ0n) is 18.0. The summed E-state index contributed by atoms with van der Waals surface area (Å²) >= 11 is 0. The zero-order chi connectivity index (χ0) is 22.1. The average Bonchev–Trinajstić information content (AvgIpc) is 3.27. The Labute approximate surface area is 186 Å². The van der Waals surface area contributed by atoms with Crippen LogP contribution in [0.1, 0.15) is 43.8 Å². The van der Waals surface area contributed by atoms with Gasteiger partial charge in [-0.3, -0.25) is 9.59 Å². The second-order valence-corrected chi connectivity index (χ2v) is 8.23. The van der Waals surface area contributed by atoms with Crippen LogP contribution in [0.5, 0.6) is 0 Å². The minimum absolute atomic E-state index is 0.00203. The summed E-state index contributed by atoms with van der Waals surface area (Å²) in [4.78, 5) is 29.4. The number of benzene rings is 2. The van der Waals surface area contributed by atoms with E-state index in [-0.39, 0.29) is 17.9 Å². The van der Waals surface area contributed by atoms with E-state index < -0.39 is 0 Å². The number of piperazine rings is 1. The van der Waals surface area contributed by atoms with Gasteiger partial charge >= 0.3 is 0 Å². The highest BCUT2D eigenvalue weighted by Gasteiger charge is 2.32. The van der Waals surface area contributed by atoms with Crippen LogP contribution in [0.3, 0.4) is 0 Å². The molecule has 1 fully saturated rings. The van der Waals surface area contributed by atoms with Gasteiger partial charge in [0.1, 0.15) is 6.10 Å². The molecule has 5 rings (SSSR count). The number of ether oxygens (including phenoxy) is 1. The maximum atomic E-state index is 13.1. The molecule has 32 heavy (non-hydrogen) atoms. The van der Waals surface area contributed by atoms with Crippen LogP contribution < -0.4 is 0 Å². The first-order valence-corrected chi connectivity index (χ1v) is 10.8. The number of hydrogen-bond donors (Lipinski definition) is 0. The number of carbonyl (C=O) groups excluding carboxylic acids is 2. The summed E-state index contributed by atoms with van der Waals surface area (Å²) < 4.78 is 7.78. The van der Waals surface area contributed by atoms with Gasteiger partial charge in [0.15, 0.2) is 5.69 Å². The summed E-state index contributed by atoms with van der Waals surface area (Å²) in [7, 11) is 0. The monoisotopic (exact) mass is 431 g/mol. The van der Waals surface area contributed by atoms with E-state index in [4.69, 9.17) is 4.74 Å². The van der Waals surface area contributed by atoms with Crippen molar-refractivity contribution >= 4 is 11.8 Å². The largest absolute Gasteiger partial charge is 0.365 e. The predicted octanol–water partition coefficient (Wildman–Crippen LogP) is 2.46. The minimum atomic E-state index is -0.157. The number of amides is 2. The number of nitrogens with zero attached hydrogens (tertiary/aromatic N) is 5. The second kappa shape index (κ2) is 8.55. The van der Waals surface area contributed by atoms with Crippen LogP contribution in [0.25, 0.3) is 0 Å². The lowest BCUT2D eigenvalue weighted by Crippen LogP contribution is -2.50. The molecule has 0 aliphatic carbocycles. The lowest BCUT2D eigenvalue weighted by atomic mass is 10.1. The molecule has 3 heterocycles. The second-order valence-electron chi connectivity index (χ2n) is 8.23. The van der Waals surface area contributed by atoms with Gasteiger partial charge in [-0.15, -0.1) is 5.10 Å². The molecule has 0 bridgehead atoms. The fourth-order valence-corrected chi connectivity index (χ4v) is 4.27. The molecular weight excluding hydrogens is 406 g/mol. The molecule has 1 atom stereocenters. The van der Waals surface area contributed by atoms with Gasteiger partial charge in [-0.05, 0) is 24.6 Å². The molecular formula is C24H25N5O3. The third-order valence-electron chi connectivity index (χ3n) is 6.09. The first kappa shape index (κ1) is 20.4. The molecule has 0 N–H and O–H groups in total. The molecule has 2 aliphatic rings. The first-order chi connectivity index (χ1) is 15.6. The fraction of sp³-hybridized carbons (Fsp3) is 0.333. The highest BCUT2D eigenvalue weighted by molar-refractivity contribution is 5.95. The van der Waals surface area contributed by atoms with Crippen LogP contribution in [0.2, 0.25) is 0 Å². The van der Waals surface area contributed by atoms with E-state index >= 15 is 0 Å². The Morgan fingerprint density at radius 3 is 2.38 bits per heavy atom. The molecule has 0 radical (unpaired) electrons. The van der Waals surface area contributed by atoms with Gasteiger partial charge in [-0.25, -0.2) is 4.68 Å². The molecule has 0 unspecified atom stereocenters. The van der Waals surface area contributed by atoms with Crippen molar-refractivity contribution in [1.82, 2.24) is 24.8 Å². The molecule has 8 heteroatoms. The normalized spacial score (nSPS) is 18.3. The lowest BCUT2D eigenvalue weighted by molar-refractivity contribution is -0.00202. The molecule has 1 aromatic heterocycles. The predicted molar refractivity (Wildman–Crippen MR) is 117 cm³/mol. The van der Waals surface area contributed by atoms with E-state index in [2.05, 4.69) is 10.3 Å². The summed E-state index contributed by atoms with van der Waals surface area (Å²) in [6.07, 6.45) is -0.107. The Morgan fingerprint density at radius 2 is 1.66 bits per heavy atom. The van der Waals surface area contributed by atoms with Crippen molar-refractivity contribution in [3.63, 3.8) is 0 Å². The van der Waals surface area contributed by atoms with E-state index in [0.29, 0.717) is 56.3 Å². The van der Waals surface area contributed by atoms with E-state index in [1.807, 2.05) is 61.5 Å². The third-order valence-corrected chi connectivity index (χ3v) is 6.09. The minimum Gasteiger partial charge on any atom is -0.365 e. The van der Waals surface area contributed by atoms with Crippen LogP contribution in [0, 0.1) is 6.92 Å². The maximum Gasteiger partial charge on any atom is 0.276 e. The highest BCUT2D eigenvalue weighted by Crippen LogP contribution is 2.27. The van der Waals surface area contributed by atoms with Crippen molar-refractivity contribution < 1.29 is 14.3 Å². The number of aromatic nitrogens is 3. The van der Waals surface area contributed by atoms with Gasteiger partial charge in [-0.2, -0.15) is 0 Å².